The predicted molar refractivity (Wildman–Crippen MR) is 76.1 cm³/mol. The first-order valence-corrected chi connectivity index (χ1v) is 8.63. The highest BCUT2D eigenvalue weighted by molar-refractivity contribution is 7.89. The molecule has 0 bridgehead atoms. The molecule has 5 heteroatoms. The molecule has 1 N–H and O–H groups in total. The lowest BCUT2D eigenvalue weighted by molar-refractivity contribution is 0.263. The molecule has 0 aromatic rings. The van der Waals surface area contributed by atoms with Crippen molar-refractivity contribution >= 4 is 10.0 Å². The van der Waals surface area contributed by atoms with Crippen molar-refractivity contribution in [3.8, 4) is 0 Å². The summed E-state index contributed by atoms with van der Waals surface area (Å²) in [5.74, 6) is 1.11. The highest BCUT2D eigenvalue weighted by Crippen LogP contribution is 2.20. The molecule has 1 saturated heterocycles. The molecule has 0 saturated carbocycles. The minimum absolute atomic E-state index is 0.204. The zero-order valence-electron chi connectivity index (χ0n) is 12.1. The molecule has 1 aliphatic heterocycles. The average molecular weight is 276 g/mol. The van der Waals surface area contributed by atoms with E-state index in [-0.39, 0.29) is 11.7 Å². The molecule has 0 aromatic heterocycles. The van der Waals surface area contributed by atoms with E-state index in [0.29, 0.717) is 25.0 Å². The van der Waals surface area contributed by atoms with Crippen molar-refractivity contribution in [2.45, 2.75) is 46.6 Å². The van der Waals surface area contributed by atoms with Crippen LogP contribution in [0.15, 0.2) is 0 Å². The second-order valence-corrected chi connectivity index (χ2v) is 8.09. The summed E-state index contributed by atoms with van der Waals surface area (Å²) < 4.78 is 25.8. The molecule has 1 aliphatic rings. The third kappa shape index (κ3) is 5.24. The Balaban J connectivity index is 2.39. The molecule has 0 spiro atoms. The van der Waals surface area contributed by atoms with Crippen LogP contribution in [0.25, 0.3) is 0 Å². The van der Waals surface area contributed by atoms with Gasteiger partial charge in [0, 0.05) is 19.1 Å². The normalized spacial score (nSPS) is 19.9. The van der Waals surface area contributed by atoms with Gasteiger partial charge in [0.2, 0.25) is 10.0 Å². The van der Waals surface area contributed by atoms with Gasteiger partial charge in [0.05, 0.1) is 5.75 Å². The maximum absolute atomic E-state index is 12.1. The van der Waals surface area contributed by atoms with Crippen LogP contribution >= 0.6 is 0 Å². The fourth-order valence-corrected chi connectivity index (χ4v) is 4.14. The lowest BCUT2D eigenvalue weighted by Crippen LogP contribution is -2.43. The highest BCUT2D eigenvalue weighted by Gasteiger charge is 2.28. The fourth-order valence-electron chi connectivity index (χ4n) is 2.32. The summed E-state index contributed by atoms with van der Waals surface area (Å²) in [5, 5.41) is 3.43. The molecular formula is C13H28N2O2S. The van der Waals surface area contributed by atoms with Crippen molar-refractivity contribution in [3.05, 3.63) is 0 Å². The highest BCUT2D eigenvalue weighted by atomic mass is 32.2. The number of sulfonamides is 1. The Morgan fingerprint density at radius 2 is 1.72 bits per heavy atom. The Kier molecular flexibility index (Phi) is 6.08. The van der Waals surface area contributed by atoms with Crippen molar-refractivity contribution in [2.75, 3.05) is 25.4 Å². The number of piperidine rings is 1. The van der Waals surface area contributed by atoms with E-state index < -0.39 is 10.0 Å². The molecule has 18 heavy (non-hydrogen) atoms. The lowest BCUT2D eigenvalue weighted by Gasteiger charge is -2.32. The summed E-state index contributed by atoms with van der Waals surface area (Å²) in [6.45, 7) is 10.6. The topological polar surface area (TPSA) is 49.4 Å². The summed E-state index contributed by atoms with van der Waals surface area (Å²) in [6.07, 6.45) is 1.97. The molecule has 1 heterocycles. The molecule has 0 radical (unpaired) electrons. The number of hydrogen-bond donors (Lipinski definition) is 1. The smallest absolute Gasteiger partial charge is 0.214 e. The minimum Gasteiger partial charge on any atom is -0.314 e. The van der Waals surface area contributed by atoms with E-state index in [1.807, 2.05) is 13.8 Å². The lowest BCUT2D eigenvalue weighted by atomic mass is 9.98. The standard InChI is InChI=1S/C13H28N2O2S/c1-11(2)10-18(16,17)15-7-5-13(6-8-15)9-14-12(3)4/h11-14H,5-10H2,1-4H3. The van der Waals surface area contributed by atoms with Crippen molar-refractivity contribution < 1.29 is 8.42 Å². The molecule has 0 amide bonds. The minimum atomic E-state index is -3.02. The van der Waals surface area contributed by atoms with Crippen LogP contribution < -0.4 is 5.32 Å². The van der Waals surface area contributed by atoms with Crippen LogP contribution in [0.1, 0.15) is 40.5 Å². The zero-order valence-corrected chi connectivity index (χ0v) is 13.0. The van der Waals surface area contributed by atoms with Gasteiger partial charge < -0.3 is 5.32 Å². The van der Waals surface area contributed by atoms with E-state index in [0.717, 1.165) is 19.4 Å². The Morgan fingerprint density at radius 1 is 1.17 bits per heavy atom. The average Bonchev–Trinajstić information content (AvgIpc) is 2.25. The zero-order chi connectivity index (χ0) is 13.8. The van der Waals surface area contributed by atoms with Crippen molar-refractivity contribution in [1.82, 2.24) is 9.62 Å². The number of nitrogens with zero attached hydrogens (tertiary/aromatic N) is 1. The summed E-state index contributed by atoms with van der Waals surface area (Å²) in [7, 11) is -3.02. The molecular weight excluding hydrogens is 248 g/mol. The molecule has 0 atom stereocenters. The van der Waals surface area contributed by atoms with E-state index in [9.17, 15) is 8.42 Å². The van der Waals surface area contributed by atoms with Gasteiger partial charge in [-0.3, -0.25) is 0 Å². The van der Waals surface area contributed by atoms with Crippen molar-refractivity contribution in [3.63, 3.8) is 0 Å². The maximum atomic E-state index is 12.1. The van der Waals surface area contributed by atoms with E-state index >= 15 is 0 Å². The molecule has 4 nitrogen and oxygen atoms in total. The van der Waals surface area contributed by atoms with Gasteiger partial charge in [0.25, 0.3) is 0 Å². The second-order valence-electron chi connectivity index (χ2n) is 6.08. The summed E-state index contributed by atoms with van der Waals surface area (Å²) in [6, 6.07) is 0.507. The molecule has 108 valence electrons. The van der Waals surface area contributed by atoms with Gasteiger partial charge in [-0.25, -0.2) is 12.7 Å². The third-order valence-corrected chi connectivity index (χ3v) is 5.57. The van der Waals surface area contributed by atoms with E-state index in [1.54, 1.807) is 4.31 Å². The first kappa shape index (κ1) is 15.9. The second kappa shape index (κ2) is 6.87. The van der Waals surface area contributed by atoms with Gasteiger partial charge in [0.1, 0.15) is 0 Å². The molecule has 0 unspecified atom stereocenters. The van der Waals surface area contributed by atoms with Crippen LogP contribution in [-0.2, 0) is 10.0 Å². The third-order valence-electron chi connectivity index (χ3n) is 3.33. The van der Waals surface area contributed by atoms with Gasteiger partial charge in [-0.1, -0.05) is 27.7 Å². The van der Waals surface area contributed by atoms with E-state index in [4.69, 9.17) is 0 Å². The van der Waals surface area contributed by atoms with Crippen LogP contribution in [0.3, 0.4) is 0 Å². The van der Waals surface area contributed by atoms with Gasteiger partial charge in [0.15, 0.2) is 0 Å². The maximum Gasteiger partial charge on any atom is 0.214 e. The van der Waals surface area contributed by atoms with Gasteiger partial charge in [-0.2, -0.15) is 0 Å². The van der Waals surface area contributed by atoms with Gasteiger partial charge >= 0.3 is 0 Å². The van der Waals surface area contributed by atoms with Crippen molar-refractivity contribution in [2.24, 2.45) is 11.8 Å². The summed E-state index contributed by atoms with van der Waals surface area (Å²) >= 11 is 0. The first-order chi connectivity index (χ1) is 8.31. The van der Waals surface area contributed by atoms with Gasteiger partial charge in [-0.05, 0) is 31.2 Å². The molecule has 0 aliphatic carbocycles. The molecule has 1 fully saturated rings. The fraction of sp³-hybridized carbons (Fsp3) is 1.00. The Morgan fingerprint density at radius 3 is 2.17 bits per heavy atom. The SMILES string of the molecule is CC(C)CS(=O)(=O)N1CCC(CNC(C)C)CC1. The predicted octanol–water partition coefficient (Wildman–Crippen LogP) is 1.68. The Bertz CT molecular complexity index is 331. The van der Waals surface area contributed by atoms with Crippen molar-refractivity contribution in [1.29, 1.82) is 0 Å². The van der Waals surface area contributed by atoms with Crippen LogP contribution in [0.2, 0.25) is 0 Å². The largest absolute Gasteiger partial charge is 0.314 e. The Hall–Kier alpha value is -0.130. The summed E-state index contributed by atoms with van der Waals surface area (Å²) in [4.78, 5) is 0. The van der Waals surface area contributed by atoms with E-state index in [2.05, 4.69) is 19.2 Å². The van der Waals surface area contributed by atoms with Crippen LogP contribution in [0, 0.1) is 11.8 Å². The first-order valence-electron chi connectivity index (χ1n) is 7.02. The quantitative estimate of drug-likeness (QED) is 0.803. The van der Waals surface area contributed by atoms with E-state index in [1.165, 1.54) is 0 Å². The number of nitrogens with one attached hydrogen (secondary N) is 1. The molecule has 0 aromatic carbocycles. The Labute approximate surface area is 112 Å². The van der Waals surface area contributed by atoms with Crippen LogP contribution in [0.5, 0.6) is 0 Å². The number of hydrogen-bond acceptors (Lipinski definition) is 3. The van der Waals surface area contributed by atoms with Gasteiger partial charge in [-0.15, -0.1) is 0 Å². The monoisotopic (exact) mass is 276 g/mol. The van der Waals surface area contributed by atoms with Crippen LogP contribution in [0.4, 0.5) is 0 Å². The van der Waals surface area contributed by atoms with Crippen LogP contribution in [-0.4, -0.2) is 44.2 Å². The number of rotatable bonds is 6. The molecule has 1 rings (SSSR count). The summed E-state index contributed by atoms with van der Waals surface area (Å²) in [5.41, 5.74) is 0.